The van der Waals surface area contributed by atoms with Crippen LogP contribution >= 0.6 is 0 Å². The summed E-state index contributed by atoms with van der Waals surface area (Å²) in [7, 11) is 0. The molecule has 1 aromatic carbocycles. The molecule has 0 heterocycles. The first-order valence-electron chi connectivity index (χ1n) is 8.10. The molecule has 0 N–H and O–H groups in total. The van der Waals surface area contributed by atoms with Gasteiger partial charge in [0.05, 0.1) is 12.1 Å². The van der Waals surface area contributed by atoms with E-state index >= 15 is 0 Å². The van der Waals surface area contributed by atoms with Crippen LogP contribution in [0.2, 0.25) is 0 Å². The molecule has 5 rings (SSSR count). The van der Waals surface area contributed by atoms with Gasteiger partial charge in [0.15, 0.2) is 0 Å². The summed E-state index contributed by atoms with van der Waals surface area (Å²) in [6, 6.07) is 15.5. The van der Waals surface area contributed by atoms with E-state index in [0.29, 0.717) is 23.2 Å². The standard InChI is InChI=1S/C19H20N2/c20-11-16(12-21)18-14-6-13-7-15(18)10-19(8-13,9-14)17-4-2-1-3-5-17/h1-5,13-16,18H,6-10H2/t13?,14-,15+,18?,19?. The van der Waals surface area contributed by atoms with Crippen LogP contribution in [-0.4, -0.2) is 0 Å². The first-order valence-corrected chi connectivity index (χ1v) is 8.10. The van der Waals surface area contributed by atoms with E-state index in [4.69, 9.17) is 0 Å². The molecule has 5 atom stereocenters. The van der Waals surface area contributed by atoms with Crippen LogP contribution < -0.4 is 0 Å². The molecule has 1 aromatic rings. The summed E-state index contributed by atoms with van der Waals surface area (Å²) in [4.78, 5) is 0. The highest BCUT2D eigenvalue weighted by Crippen LogP contribution is 2.64. The van der Waals surface area contributed by atoms with Crippen LogP contribution in [0, 0.1) is 52.3 Å². The average molecular weight is 276 g/mol. The van der Waals surface area contributed by atoms with Crippen LogP contribution in [0.3, 0.4) is 0 Å². The van der Waals surface area contributed by atoms with Crippen LogP contribution in [0.1, 0.15) is 37.7 Å². The number of rotatable bonds is 2. The summed E-state index contributed by atoms with van der Waals surface area (Å²) in [5.74, 6) is 1.92. The summed E-state index contributed by atoms with van der Waals surface area (Å²) >= 11 is 0. The second-order valence-electron chi connectivity index (χ2n) is 7.43. The number of nitriles is 2. The first kappa shape index (κ1) is 12.9. The van der Waals surface area contributed by atoms with Gasteiger partial charge in [0.1, 0.15) is 5.92 Å². The second-order valence-corrected chi connectivity index (χ2v) is 7.43. The molecular weight excluding hydrogens is 256 g/mol. The third kappa shape index (κ3) is 1.82. The Balaban J connectivity index is 1.70. The Labute approximate surface area is 126 Å². The lowest BCUT2D eigenvalue weighted by atomic mass is 9.43. The van der Waals surface area contributed by atoms with Crippen molar-refractivity contribution >= 4 is 0 Å². The summed E-state index contributed by atoms with van der Waals surface area (Å²) in [6.07, 6.45) is 6.19. The maximum Gasteiger partial charge on any atom is 0.136 e. The fourth-order valence-electron chi connectivity index (χ4n) is 5.95. The summed E-state index contributed by atoms with van der Waals surface area (Å²) in [5.41, 5.74) is 1.83. The zero-order chi connectivity index (χ0) is 14.4. The van der Waals surface area contributed by atoms with E-state index in [1.807, 2.05) is 0 Å². The van der Waals surface area contributed by atoms with Gasteiger partial charge in [0, 0.05) is 0 Å². The molecule has 4 saturated carbocycles. The quantitative estimate of drug-likeness (QED) is 0.818. The van der Waals surface area contributed by atoms with Gasteiger partial charge in [-0.05, 0) is 66.8 Å². The van der Waals surface area contributed by atoms with E-state index in [-0.39, 0.29) is 0 Å². The normalized spacial score (nSPS) is 40.0. The van der Waals surface area contributed by atoms with E-state index in [9.17, 15) is 10.5 Å². The van der Waals surface area contributed by atoms with Gasteiger partial charge < -0.3 is 0 Å². The predicted molar refractivity (Wildman–Crippen MR) is 79.9 cm³/mol. The van der Waals surface area contributed by atoms with Crippen molar-refractivity contribution in [3.8, 4) is 12.1 Å². The second kappa shape index (κ2) is 4.60. The van der Waals surface area contributed by atoms with Gasteiger partial charge in [0.2, 0.25) is 0 Å². The Kier molecular flexibility index (Phi) is 2.83. The fourth-order valence-corrected chi connectivity index (χ4v) is 5.95. The monoisotopic (exact) mass is 276 g/mol. The van der Waals surface area contributed by atoms with Gasteiger partial charge >= 0.3 is 0 Å². The maximum atomic E-state index is 9.32. The minimum absolute atomic E-state index is 0.327. The summed E-state index contributed by atoms with van der Waals surface area (Å²) < 4.78 is 0. The smallest absolute Gasteiger partial charge is 0.136 e. The van der Waals surface area contributed by atoms with Crippen LogP contribution in [0.4, 0.5) is 0 Å². The maximum absolute atomic E-state index is 9.32. The molecule has 4 bridgehead atoms. The average Bonchev–Trinajstić information content (AvgIpc) is 2.51. The zero-order valence-corrected chi connectivity index (χ0v) is 12.2. The van der Waals surface area contributed by atoms with E-state index in [1.165, 1.54) is 37.7 Å². The molecule has 3 unspecified atom stereocenters. The minimum Gasteiger partial charge on any atom is -0.197 e. The van der Waals surface area contributed by atoms with Gasteiger partial charge in [-0.15, -0.1) is 0 Å². The Bertz CT molecular complexity index is 591. The fraction of sp³-hybridized carbons (Fsp3) is 0.579. The molecule has 4 aliphatic rings. The van der Waals surface area contributed by atoms with Crippen molar-refractivity contribution in [2.45, 2.75) is 37.5 Å². The lowest BCUT2D eigenvalue weighted by Gasteiger charge is -2.60. The van der Waals surface area contributed by atoms with Crippen molar-refractivity contribution in [3.05, 3.63) is 35.9 Å². The number of hydrogen-bond acceptors (Lipinski definition) is 2. The molecule has 0 saturated heterocycles. The van der Waals surface area contributed by atoms with Crippen LogP contribution in [0.15, 0.2) is 30.3 Å². The molecule has 4 fully saturated rings. The third-order valence-corrected chi connectivity index (χ3v) is 6.40. The number of hydrogen-bond donors (Lipinski definition) is 0. The number of benzene rings is 1. The Morgan fingerprint density at radius 1 is 0.952 bits per heavy atom. The topological polar surface area (TPSA) is 47.6 Å². The van der Waals surface area contributed by atoms with Crippen molar-refractivity contribution < 1.29 is 0 Å². The highest BCUT2D eigenvalue weighted by Gasteiger charge is 2.57. The molecule has 0 aliphatic heterocycles. The lowest BCUT2D eigenvalue weighted by molar-refractivity contribution is -0.0635. The van der Waals surface area contributed by atoms with E-state index in [0.717, 1.165) is 5.92 Å². The van der Waals surface area contributed by atoms with Gasteiger partial charge in [-0.25, -0.2) is 0 Å². The lowest BCUT2D eigenvalue weighted by Crippen LogP contribution is -2.54. The molecule has 4 aliphatic carbocycles. The first-order chi connectivity index (χ1) is 10.3. The van der Waals surface area contributed by atoms with Crippen molar-refractivity contribution in [1.29, 1.82) is 10.5 Å². The molecule has 21 heavy (non-hydrogen) atoms. The third-order valence-electron chi connectivity index (χ3n) is 6.40. The van der Waals surface area contributed by atoms with Crippen LogP contribution in [-0.2, 0) is 5.41 Å². The van der Waals surface area contributed by atoms with Crippen molar-refractivity contribution in [3.63, 3.8) is 0 Å². The number of nitrogens with zero attached hydrogens (tertiary/aromatic N) is 2. The van der Waals surface area contributed by atoms with Gasteiger partial charge in [-0.3, -0.25) is 0 Å². The Morgan fingerprint density at radius 3 is 2.14 bits per heavy atom. The molecule has 2 heteroatoms. The van der Waals surface area contributed by atoms with E-state index < -0.39 is 5.92 Å². The summed E-state index contributed by atoms with van der Waals surface area (Å²) in [6.45, 7) is 0. The zero-order valence-electron chi connectivity index (χ0n) is 12.2. The minimum atomic E-state index is -0.396. The highest BCUT2D eigenvalue weighted by molar-refractivity contribution is 5.30. The highest BCUT2D eigenvalue weighted by atomic mass is 14.6. The Morgan fingerprint density at radius 2 is 1.57 bits per heavy atom. The Hall–Kier alpha value is -1.80. The SMILES string of the molecule is N#CC(C#N)C1[C@@H]2CC3C[C@H]1CC(c1ccccc1)(C3)C2. The van der Waals surface area contributed by atoms with Crippen molar-refractivity contribution in [2.75, 3.05) is 0 Å². The molecule has 106 valence electrons. The predicted octanol–water partition coefficient (Wildman–Crippen LogP) is 4.04. The van der Waals surface area contributed by atoms with Crippen LogP contribution in [0.5, 0.6) is 0 Å². The summed E-state index contributed by atoms with van der Waals surface area (Å²) in [5, 5.41) is 18.6. The molecule has 0 radical (unpaired) electrons. The van der Waals surface area contributed by atoms with Crippen molar-refractivity contribution in [2.24, 2.45) is 29.6 Å². The molecule has 0 spiro atoms. The van der Waals surface area contributed by atoms with Gasteiger partial charge in [0.25, 0.3) is 0 Å². The molecule has 2 nitrogen and oxygen atoms in total. The van der Waals surface area contributed by atoms with Gasteiger partial charge in [-0.2, -0.15) is 10.5 Å². The van der Waals surface area contributed by atoms with Gasteiger partial charge in [-0.1, -0.05) is 30.3 Å². The largest absolute Gasteiger partial charge is 0.197 e. The van der Waals surface area contributed by atoms with Crippen LogP contribution in [0.25, 0.3) is 0 Å². The molecule has 0 amide bonds. The van der Waals surface area contributed by atoms with E-state index in [1.54, 1.807) is 0 Å². The molecular formula is C19H20N2. The molecule has 0 aromatic heterocycles. The van der Waals surface area contributed by atoms with Crippen molar-refractivity contribution in [1.82, 2.24) is 0 Å². The van der Waals surface area contributed by atoms with E-state index in [2.05, 4.69) is 42.5 Å².